The summed E-state index contributed by atoms with van der Waals surface area (Å²) < 4.78 is 0. The van der Waals surface area contributed by atoms with E-state index in [0.717, 1.165) is 0 Å². The van der Waals surface area contributed by atoms with Crippen LogP contribution in [0, 0.1) is 0 Å². The number of hydrogen-bond donors (Lipinski definition) is 0. The van der Waals surface area contributed by atoms with Crippen LogP contribution in [0.1, 0.15) is 0 Å². The Morgan fingerprint density at radius 2 is 0.296 bits per heavy atom. The van der Waals surface area contributed by atoms with Crippen molar-refractivity contribution in [2.75, 3.05) is 0 Å². The molecule has 0 bridgehead atoms. The summed E-state index contributed by atoms with van der Waals surface area (Å²) in [7, 11) is 0. The van der Waals surface area contributed by atoms with E-state index in [9.17, 15) is 0 Å². The first kappa shape index (κ1) is 46.2. The predicted molar refractivity (Wildman–Crippen MR) is 298 cm³/mol. The molecule has 1 heteroatoms. The molecule has 0 aliphatic heterocycles. The fraction of sp³-hybridized carbons (Fsp3) is 0. The first-order valence-corrected chi connectivity index (χ1v) is 24.1. The van der Waals surface area contributed by atoms with Crippen LogP contribution in [0.5, 0.6) is 0 Å². The van der Waals surface area contributed by atoms with Gasteiger partial charge in [0.15, 0.2) is 0 Å². The molecule has 0 N–H and O–H groups in total. The van der Waals surface area contributed by atoms with Gasteiger partial charge < -0.3 is 0 Å². The van der Waals surface area contributed by atoms with E-state index in [1.54, 1.807) is 0 Å². The molecule has 0 fully saturated rings. The van der Waals surface area contributed by atoms with Gasteiger partial charge >= 0.3 is 17.1 Å². The molecule has 0 heterocycles. The van der Waals surface area contributed by atoms with Crippen LogP contribution in [0.25, 0.3) is 111 Å². The Bertz CT molecular complexity index is 2710. The Morgan fingerprint density at radius 3 is 0.465 bits per heavy atom. The van der Waals surface area contributed by atoms with E-state index in [0.29, 0.717) is 0 Å². The second-order valence-electron chi connectivity index (χ2n) is 17.4. The Balaban J connectivity index is 0.000000162. The summed E-state index contributed by atoms with van der Waals surface area (Å²) in [4.78, 5) is 0. The monoisotopic (exact) mass is 946 g/mol. The van der Waals surface area contributed by atoms with Crippen molar-refractivity contribution in [1.29, 1.82) is 0 Å². The summed E-state index contributed by atoms with van der Waals surface area (Å²) in [6.45, 7) is 0. The van der Waals surface area contributed by atoms with Crippen LogP contribution >= 0.6 is 0 Å². The maximum Gasteiger partial charge on any atom is 2.00 e. The minimum Gasteiger partial charge on any atom is -0.0999 e. The van der Waals surface area contributed by atoms with E-state index in [4.69, 9.17) is 0 Å². The summed E-state index contributed by atoms with van der Waals surface area (Å²) in [6.07, 6.45) is 0. The number of benzene rings is 10. The smallest absolute Gasteiger partial charge is 0.0999 e. The number of rotatable bonds is 10. The zero-order valence-corrected chi connectivity index (χ0v) is 40.3. The van der Waals surface area contributed by atoms with Crippen LogP contribution in [0.3, 0.4) is 0 Å². The maximum absolute atomic E-state index is 2.23. The molecule has 0 radical (unpaired) electrons. The predicted octanol–water partition coefficient (Wildman–Crippen LogP) is 19.5. The molecule has 71 heavy (non-hydrogen) atoms. The summed E-state index contributed by atoms with van der Waals surface area (Å²) in [6, 6.07) is 108. The molecule has 338 valence electrons. The maximum atomic E-state index is 2.23. The molecule has 0 saturated heterocycles. The molecular weight excluding hydrogens is 897 g/mol. The van der Waals surface area contributed by atoms with Crippen molar-refractivity contribution in [2.24, 2.45) is 0 Å². The van der Waals surface area contributed by atoms with Gasteiger partial charge in [0.05, 0.1) is 0 Å². The van der Waals surface area contributed by atoms with E-state index in [2.05, 4.69) is 303 Å². The Kier molecular flexibility index (Phi) is 14.2. The van der Waals surface area contributed by atoms with Gasteiger partial charge in [-0.15, -0.1) is 0 Å². The Labute approximate surface area is 429 Å². The third-order valence-electron chi connectivity index (χ3n) is 13.1. The first-order valence-electron chi connectivity index (χ1n) is 24.1. The molecule has 0 aliphatic carbocycles. The van der Waals surface area contributed by atoms with Gasteiger partial charge in [0.1, 0.15) is 0 Å². The van der Waals surface area contributed by atoms with Gasteiger partial charge in [-0.3, -0.25) is 0 Å². The minimum atomic E-state index is 0. The van der Waals surface area contributed by atoms with Crippen molar-refractivity contribution in [3.8, 4) is 111 Å². The molecule has 0 amide bonds. The molecule has 0 spiro atoms. The van der Waals surface area contributed by atoms with Crippen LogP contribution in [-0.4, -0.2) is 0 Å². The van der Waals surface area contributed by atoms with Crippen LogP contribution in [0.4, 0.5) is 0 Å². The van der Waals surface area contributed by atoms with Crippen LogP contribution in [-0.2, 0) is 17.1 Å². The summed E-state index contributed by atoms with van der Waals surface area (Å²) in [5, 5.41) is 0. The third kappa shape index (κ3) is 9.46. The molecule has 0 aliphatic rings. The van der Waals surface area contributed by atoms with Crippen LogP contribution in [0.15, 0.2) is 303 Å². The van der Waals surface area contributed by atoms with Gasteiger partial charge in [-0.1, -0.05) is 392 Å². The third-order valence-corrected chi connectivity index (χ3v) is 13.1. The van der Waals surface area contributed by atoms with E-state index in [1.807, 2.05) is 0 Å². The molecule has 12 aromatic carbocycles. The molecule has 0 aromatic heterocycles. The standard InChI is InChI=1S/2C35H25.Fe/c2*1-6-16-26(17-7-1)31-32(27-18-8-2-9-19-27)34(29-22-12-4-13-23-29)35(30-24-14-5-15-25-30)33(31)28-20-10-3-11-21-28;/h2*1-25H;/q2*-1;+2. The van der Waals surface area contributed by atoms with Gasteiger partial charge in [0.25, 0.3) is 0 Å². The van der Waals surface area contributed by atoms with Gasteiger partial charge in [0, 0.05) is 0 Å². The Hall–Kier alpha value is -8.58. The normalized spacial score (nSPS) is 10.7. The van der Waals surface area contributed by atoms with Crippen molar-refractivity contribution in [1.82, 2.24) is 0 Å². The quantitative estimate of drug-likeness (QED) is 0.0947. The van der Waals surface area contributed by atoms with Gasteiger partial charge in [-0.2, -0.15) is 0 Å². The summed E-state index contributed by atoms with van der Waals surface area (Å²) in [5.41, 5.74) is 25.0. The first-order chi connectivity index (χ1) is 34.8. The van der Waals surface area contributed by atoms with Gasteiger partial charge in [-0.25, -0.2) is 0 Å². The zero-order chi connectivity index (χ0) is 46.9. The van der Waals surface area contributed by atoms with Gasteiger partial charge in [0.2, 0.25) is 0 Å². The molecule has 12 rings (SSSR count). The van der Waals surface area contributed by atoms with Crippen molar-refractivity contribution < 1.29 is 17.1 Å². The molecule has 0 nitrogen and oxygen atoms in total. The summed E-state index contributed by atoms with van der Waals surface area (Å²) >= 11 is 0. The largest absolute Gasteiger partial charge is 2.00 e. The number of hydrogen-bond acceptors (Lipinski definition) is 0. The topological polar surface area (TPSA) is 0 Å². The van der Waals surface area contributed by atoms with Crippen molar-refractivity contribution >= 4 is 0 Å². The average molecular weight is 947 g/mol. The molecule has 12 aromatic rings. The van der Waals surface area contributed by atoms with Crippen LogP contribution < -0.4 is 0 Å². The second kappa shape index (κ2) is 21.8. The van der Waals surface area contributed by atoms with E-state index in [-0.39, 0.29) is 17.1 Å². The average Bonchev–Trinajstić information content (AvgIpc) is 4.01. The second-order valence-corrected chi connectivity index (χ2v) is 17.4. The fourth-order valence-electron chi connectivity index (χ4n) is 10.2. The molecule has 0 unspecified atom stereocenters. The fourth-order valence-corrected chi connectivity index (χ4v) is 10.2. The van der Waals surface area contributed by atoms with Crippen molar-refractivity contribution in [2.45, 2.75) is 0 Å². The van der Waals surface area contributed by atoms with Gasteiger partial charge in [-0.05, 0) is 22.3 Å². The summed E-state index contributed by atoms with van der Waals surface area (Å²) in [5.74, 6) is 0. The molecular formula is C70H50Fe. The SMILES string of the molecule is [Fe+2].c1ccc(-c2c(-c3ccccc3)c(-c3ccccc3)[c-](-c3ccccc3)c2-c2ccccc2)cc1.c1ccc(-c2c(-c3ccccc3)c(-c3ccccc3)[c-](-c3ccccc3)c2-c2ccccc2)cc1. The Morgan fingerprint density at radius 1 is 0.155 bits per heavy atom. The molecule has 0 saturated carbocycles. The molecule has 0 atom stereocenters. The minimum absolute atomic E-state index is 0. The van der Waals surface area contributed by atoms with Crippen molar-refractivity contribution in [3.05, 3.63) is 303 Å². The van der Waals surface area contributed by atoms with E-state index >= 15 is 0 Å². The van der Waals surface area contributed by atoms with E-state index < -0.39 is 0 Å². The van der Waals surface area contributed by atoms with Crippen LogP contribution in [0.2, 0.25) is 0 Å². The van der Waals surface area contributed by atoms with E-state index in [1.165, 1.54) is 111 Å². The zero-order valence-electron chi connectivity index (χ0n) is 39.2. The van der Waals surface area contributed by atoms with Crippen molar-refractivity contribution in [3.63, 3.8) is 0 Å².